The normalized spacial score (nSPS) is 17.1. The molecule has 29 heavy (non-hydrogen) atoms. The lowest BCUT2D eigenvalue weighted by atomic mass is 9.92. The van der Waals surface area contributed by atoms with Gasteiger partial charge in [-0.05, 0) is 49.1 Å². The molecule has 1 aliphatic carbocycles. The minimum Gasteiger partial charge on any atom is -0.454 e. The van der Waals surface area contributed by atoms with Gasteiger partial charge in [0.2, 0.25) is 6.79 Å². The van der Waals surface area contributed by atoms with Gasteiger partial charge >= 0.3 is 0 Å². The standard InChI is InChI=1S/C20H19N5O4/c1-25-19(26)8-12-6-13(3-4-14(12)24-25)21-20(27)16-9-15(22-23-16)11-2-5-17-18(7-11)29-10-28-17/h2,5,7-9,13H,3-4,6,10H2,1H3,(H,21,27)(H,22,23). The van der Waals surface area contributed by atoms with Crippen LogP contribution in [-0.2, 0) is 19.9 Å². The highest BCUT2D eigenvalue weighted by molar-refractivity contribution is 5.93. The van der Waals surface area contributed by atoms with Crippen molar-refractivity contribution in [1.82, 2.24) is 25.3 Å². The summed E-state index contributed by atoms with van der Waals surface area (Å²) in [6.07, 6.45) is 2.08. The molecule has 0 bridgehead atoms. The van der Waals surface area contributed by atoms with Crippen LogP contribution < -0.4 is 20.3 Å². The predicted molar refractivity (Wildman–Crippen MR) is 103 cm³/mol. The molecule has 0 fully saturated rings. The van der Waals surface area contributed by atoms with Gasteiger partial charge < -0.3 is 14.8 Å². The Morgan fingerprint density at radius 2 is 2.10 bits per heavy atom. The van der Waals surface area contributed by atoms with Gasteiger partial charge in [-0.2, -0.15) is 10.2 Å². The maximum atomic E-state index is 12.7. The number of carbonyl (C=O) groups excluding carboxylic acids is 1. The van der Waals surface area contributed by atoms with Crippen LogP contribution in [0.5, 0.6) is 11.5 Å². The first kappa shape index (κ1) is 17.5. The summed E-state index contributed by atoms with van der Waals surface area (Å²) in [6.45, 7) is 0.207. The number of benzene rings is 1. The molecule has 2 aliphatic rings. The number of aromatic amines is 1. The smallest absolute Gasteiger partial charge is 0.269 e. The lowest BCUT2D eigenvalue weighted by Gasteiger charge is -2.24. The first-order chi connectivity index (χ1) is 14.1. The summed E-state index contributed by atoms with van der Waals surface area (Å²) < 4.78 is 12.1. The van der Waals surface area contributed by atoms with Gasteiger partial charge in [-0.1, -0.05) is 0 Å². The molecule has 1 aromatic carbocycles. The number of hydrogen-bond donors (Lipinski definition) is 2. The molecule has 148 valence electrons. The lowest BCUT2D eigenvalue weighted by molar-refractivity contribution is 0.0928. The van der Waals surface area contributed by atoms with E-state index in [9.17, 15) is 9.59 Å². The molecule has 3 heterocycles. The molecule has 0 radical (unpaired) electrons. The number of H-pyrrole nitrogens is 1. The third-order valence-electron chi connectivity index (χ3n) is 5.28. The van der Waals surface area contributed by atoms with Crippen molar-refractivity contribution in [1.29, 1.82) is 0 Å². The summed E-state index contributed by atoms with van der Waals surface area (Å²) in [6, 6.07) is 8.79. The Labute approximate surface area is 165 Å². The maximum absolute atomic E-state index is 12.7. The number of rotatable bonds is 3. The number of amides is 1. The van der Waals surface area contributed by atoms with Crippen LogP contribution in [0.2, 0.25) is 0 Å². The van der Waals surface area contributed by atoms with Crippen molar-refractivity contribution < 1.29 is 14.3 Å². The van der Waals surface area contributed by atoms with E-state index >= 15 is 0 Å². The number of hydrogen-bond acceptors (Lipinski definition) is 6. The van der Waals surface area contributed by atoms with E-state index in [1.54, 1.807) is 19.2 Å². The molecule has 0 saturated carbocycles. The summed E-state index contributed by atoms with van der Waals surface area (Å²) in [7, 11) is 1.65. The number of fused-ring (bicyclic) bond motifs is 2. The molecule has 3 aromatic rings. The third kappa shape index (κ3) is 3.24. The van der Waals surface area contributed by atoms with Gasteiger partial charge in [-0.25, -0.2) is 4.68 Å². The van der Waals surface area contributed by atoms with E-state index in [2.05, 4.69) is 20.6 Å². The second-order valence-corrected chi connectivity index (χ2v) is 7.23. The maximum Gasteiger partial charge on any atom is 0.269 e. The summed E-state index contributed by atoms with van der Waals surface area (Å²) in [4.78, 5) is 24.5. The van der Waals surface area contributed by atoms with Crippen LogP contribution in [0, 0.1) is 0 Å². The van der Waals surface area contributed by atoms with Crippen LogP contribution in [0.25, 0.3) is 11.3 Å². The van der Waals surface area contributed by atoms with Crippen LogP contribution >= 0.6 is 0 Å². The average Bonchev–Trinajstić information content (AvgIpc) is 3.38. The molecule has 9 heteroatoms. The summed E-state index contributed by atoms with van der Waals surface area (Å²) in [5.41, 5.74) is 3.54. The van der Waals surface area contributed by atoms with Crippen molar-refractivity contribution in [3.8, 4) is 22.8 Å². The van der Waals surface area contributed by atoms with Crippen LogP contribution in [0.1, 0.15) is 28.2 Å². The molecule has 0 saturated heterocycles. The van der Waals surface area contributed by atoms with Crippen molar-refractivity contribution >= 4 is 5.91 Å². The second kappa shape index (κ2) is 6.77. The van der Waals surface area contributed by atoms with E-state index in [1.165, 1.54) is 4.68 Å². The van der Waals surface area contributed by atoms with Gasteiger partial charge in [0, 0.05) is 24.7 Å². The largest absolute Gasteiger partial charge is 0.454 e. The quantitative estimate of drug-likeness (QED) is 0.691. The molecular weight excluding hydrogens is 374 g/mol. The van der Waals surface area contributed by atoms with Gasteiger partial charge in [0.25, 0.3) is 11.5 Å². The van der Waals surface area contributed by atoms with E-state index in [0.29, 0.717) is 29.3 Å². The number of carbonyl (C=O) groups is 1. The Hall–Kier alpha value is -3.62. The highest BCUT2D eigenvalue weighted by Gasteiger charge is 2.23. The molecule has 1 atom stereocenters. The van der Waals surface area contributed by atoms with Crippen LogP contribution in [0.3, 0.4) is 0 Å². The molecule has 9 nitrogen and oxygen atoms in total. The van der Waals surface area contributed by atoms with E-state index < -0.39 is 0 Å². The van der Waals surface area contributed by atoms with Gasteiger partial charge in [0.1, 0.15) is 5.69 Å². The van der Waals surface area contributed by atoms with E-state index in [4.69, 9.17) is 9.47 Å². The Morgan fingerprint density at radius 1 is 1.24 bits per heavy atom. The van der Waals surface area contributed by atoms with Crippen molar-refractivity contribution in [2.24, 2.45) is 7.05 Å². The van der Waals surface area contributed by atoms with Gasteiger partial charge in [0.05, 0.1) is 11.4 Å². The number of aryl methyl sites for hydroxylation is 2. The van der Waals surface area contributed by atoms with Crippen LogP contribution in [-0.4, -0.2) is 38.7 Å². The van der Waals surface area contributed by atoms with Crippen LogP contribution in [0.4, 0.5) is 0 Å². The first-order valence-corrected chi connectivity index (χ1v) is 9.39. The fourth-order valence-corrected chi connectivity index (χ4v) is 3.71. The second-order valence-electron chi connectivity index (χ2n) is 7.23. The third-order valence-corrected chi connectivity index (χ3v) is 5.28. The number of nitrogens with zero attached hydrogens (tertiary/aromatic N) is 3. The molecule has 1 aliphatic heterocycles. The minimum atomic E-state index is -0.227. The number of aromatic nitrogens is 4. The average molecular weight is 393 g/mol. The summed E-state index contributed by atoms with van der Waals surface area (Å²) in [5, 5.41) is 14.4. The van der Waals surface area contributed by atoms with Gasteiger partial charge in [-0.3, -0.25) is 14.7 Å². The minimum absolute atomic E-state index is 0.0544. The summed E-state index contributed by atoms with van der Waals surface area (Å²) >= 11 is 0. The van der Waals surface area contributed by atoms with Crippen molar-refractivity contribution in [2.45, 2.75) is 25.3 Å². The molecule has 2 N–H and O–H groups in total. The van der Waals surface area contributed by atoms with Crippen molar-refractivity contribution in [2.75, 3.05) is 6.79 Å². The monoisotopic (exact) mass is 393 g/mol. The highest BCUT2D eigenvalue weighted by atomic mass is 16.7. The Kier molecular flexibility index (Phi) is 4.08. The van der Waals surface area contributed by atoms with Crippen molar-refractivity contribution in [3.63, 3.8) is 0 Å². The highest BCUT2D eigenvalue weighted by Crippen LogP contribution is 2.35. The topological polar surface area (TPSA) is 111 Å². The number of nitrogens with one attached hydrogen (secondary N) is 2. The zero-order chi connectivity index (χ0) is 20.0. The molecule has 2 aromatic heterocycles. The fourth-order valence-electron chi connectivity index (χ4n) is 3.71. The molecule has 0 spiro atoms. The molecule has 5 rings (SSSR count). The Balaban J connectivity index is 1.29. The Morgan fingerprint density at radius 3 is 3.00 bits per heavy atom. The predicted octanol–water partition coefficient (Wildman–Crippen LogP) is 1.19. The zero-order valence-corrected chi connectivity index (χ0v) is 15.8. The van der Waals surface area contributed by atoms with Crippen LogP contribution in [0.15, 0.2) is 35.1 Å². The van der Waals surface area contributed by atoms with E-state index in [1.807, 2.05) is 18.2 Å². The fraction of sp³-hybridized carbons (Fsp3) is 0.300. The van der Waals surface area contributed by atoms with Gasteiger partial charge in [-0.15, -0.1) is 0 Å². The zero-order valence-electron chi connectivity index (χ0n) is 15.8. The first-order valence-electron chi connectivity index (χ1n) is 9.39. The SMILES string of the molecule is Cn1nc2c(cc1=O)CC(NC(=O)c1cc(-c3ccc4c(c3)OCO4)n[nH]1)CC2. The van der Waals surface area contributed by atoms with E-state index in [-0.39, 0.29) is 24.3 Å². The van der Waals surface area contributed by atoms with E-state index in [0.717, 1.165) is 29.7 Å². The molecule has 1 amide bonds. The van der Waals surface area contributed by atoms with Gasteiger partial charge in [0.15, 0.2) is 11.5 Å². The lowest BCUT2D eigenvalue weighted by Crippen LogP contribution is -2.40. The van der Waals surface area contributed by atoms with Crippen molar-refractivity contribution in [3.05, 3.63) is 57.6 Å². The molecule has 1 unspecified atom stereocenters. The number of ether oxygens (including phenoxy) is 2. The Bertz CT molecular complexity index is 1170. The summed E-state index contributed by atoms with van der Waals surface area (Å²) in [5.74, 6) is 1.14. The molecular formula is C20H19N5O4.